The molecular weight excluding hydrogens is 221 g/mol. The molecule has 1 aromatic rings. The Morgan fingerprint density at radius 3 is 2.71 bits per heavy atom. The van der Waals surface area contributed by atoms with Crippen LogP contribution in [0.2, 0.25) is 10.0 Å². The Morgan fingerprint density at radius 2 is 2.07 bits per heavy atom. The van der Waals surface area contributed by atoms with Gasteiger partial charge in [0.15, 0.2) is 0 Å². The van der Waals surface area contributed by atoms with Crippen LogP contribution < -0.4 is 10.1 Å². The van der Waals surface area contributed by atoms with Crippen LogP contribution >= 0.6 is 23.2 Å². The van der Waals surface area contributed by atoms with E-state index in [9.17, 15) is 0 Å². The second-order valence-corrected chi connectivity index (χ2v) is 4.24. The highest BCUT2D eigenvalue weighted by Crippen LogP contribution is 2.43. The fourth-order valence-electron chi connectivity index (χ4n) is 1.83. The molecule has 0 bridgehead atoms. The van der Waals surface area contributed by atoms with Crippen molar-refractivity contribution in [1.29, 1.82) is 0 Å². The molecule has 1 aliphatic rings. The second-order valence-electron chi connectivity index (χ2n) is 3.40. The van der Waals surface area contributed by atoms with Gasteiger partial charge in [0.05, 0.1) is 11.1 Å². The van der Waals surface area contributed by atoms with Crippen LogP contribution in [0.15, 0.2) is 12.1 Å². The van der Waals surface area contributed by atoms with E-state index in [0.717, 1.165) is 11.3 Å². The van der Waals surface area contributed by atoms with E-state index >= 15 is 0 Å². The van der Waals surface area contributed by atoms with Gasteiger partial charge in [-0.1, -0.05) is 23.2 Å². The first-order valence-electron chi connectivity index (χ1n) is 4.46. The van der Waals surface area contributed by atoms with Gasteiger partial charge in [0.2, 0.25) is 0 Å². The maximum atomic E-state index is 6.03. The van der Waals surface area contributed by atoms with E-state index in [1.165, 1.54) is 0 Å². The lowest BCUT2D eigenvalue weighted by atomic mass is 10.1. The molecule has 0 amide bonds. The number of halogens is 2. The topological polar surface area (TPSA) is 21.3 Å². The maximum Gasteiger partial charge on any atom is 0.143 e. The van der Waals surface area contributed by atoms with Gasteiger partial charge in [-0.3, -0.25) is 0 Å². The summed E-state index contributed by atoms with van der Waals surface area (Å²) in [6.07, 6.45) is 0.0889. The number of ether oxygens (including phenoxy) is 1. The molecular formula is C10H11Cl2NO. The molecule has 2 atom stereocenters. The van der Waals surface area contributed by atoms with Crippen LogP contribution in [0.5, 0.6) is 5.75 Å². The van der Waals surface area contributed by atoms with E-state index < -0.39 is 0 Å². The molecule has 0 fully saturated rings. The number of hydrogen-bond acceptors (Lipinski definition) is 2. The lowest BCUT2D eigenvalue weighted by Crippen LogP contribution is -2.25. The molecule has 0 spiro atoms. The molecule has 1 heterocycles. The molecule has 1 aliphatic heterocycles. The molecule has 0 radical (unpaired) electrons. The van der Waals surface area contributed by atoms with Crippen molar-refractivity contribution >= 4 is 23.2 Å². The molecule has 2 nitrogen and oxygen atoms in total. The molecule has 0 aliphatic carbocycles. The van der Waals surface area contributed by atoms with Crippen LogP contribution in [0.25, 0.3) is 0 Å². The SMILES string of the molecule is CNC1c2cc(Cl)cc(Cl)c2OC1C. The lowest BCUT2D eigenvalue weighted by molar-refractivity contribution is 0.214. The number of rotatable bonds is 1. The van der Waals surface area contributed by atoms with Gasteiger partial charge in [-0.15, -0.1) is 0 Å². The summed E-state index contributed by atoms with van der Waals surface area (Å²) in [7, 11) is 1.90. The molecule has 0 saturated heterocycles. The van der Waals surface area contributed by atoms with Gasteiger partial charge in [-0.25, -0.2) is 0 Å². The first-order chi connectivity index (χ1) is 6.63. The highest BCUT2D eigenvalue weighted by Gasteiger charge is 2.31. The molecule has 14 heavy (non-hydrogen) atoms. The van der Waals surface area contributed by atoms with Crippen LogP contribution in [-0.2, 0) is 0 Å². The maximum absolute atomic E-state index is 6.03. The van der Waals surface area contributed by atoms with Crippen molar-refractivity contribution < 1.29 is 4.74 Å². The average Bonchev–Trinajstić information content (AvgIpc) is 2.41. The minimum absolute atomic E-state index is 0.0889. The molecule has 0 aromatic heterocycles. The van der Waals surface area contributed by atoms with Gasteiger partial charge >= 0.3 is 0 Å². The third-order valence-electron chi connectivity index (χ3n) is 2.46. The summed E-state index contributed by atoms with van der Waals surface area (Å²) in [5.41, 5.74) is 1.04. The Balaban J connectivity index is 2.53. The van der Waals surface area contributed by atoms with Crippen molar-refractivity contribution in [2.24, 2.45) is 0 Å². The summed E-state index contributed by atoms with van der Waals surface area (Å²) in [5, 5.41) is 4.41. The van der Waals surface area contributed by atoms with Gasteiger partial charge in [-0.2, -0.15) is 0 Å². The van der Waals surface area contributed by atoms with Crippen molar-refractivity contribution in [2.75, 3.05) is 7.05 Å². The Kier molecular flexibility index (Phi) is 2.60. The summed E-state index contributed by atoms with van der Waals surface area (Å²) in [6.45, 7) is 2.01. The van der Waals surface area contributed by atoms with E-state index in [1.54, 1.807) is 6.07 Å². The van der Waals surface area contributed by atoms with Gasteiger partial charge in [0.1, 0.15) is 11.9 Å². The van der Waals surface area contributed by atoms with Gasteiger partial charge < -0.3 is 10.1 Å². The summed E-state index contributed by atoms with van der Waals surface area (Å²) < 4.78 is 5.64. The Bertz CT molecular complexity index is 367. The summed E-state index contributed by atoms with van der Waals surface area (Å²) in [5.74, 6) is 0.753. The van der Waals surface area contributed by atoms with Gasteiger partial charge in [0, 0.05) is 10.6 Å². The predicted octanol–water partition coefficient (Wildman–Crippen LogP) is 3.03. The van der Waals surface area contributed by atoms with Crippen molar-refractivity contribution in [3.8, 4) is 5.75 Å². The third kappa shape index (κ3) is 1.48. The van der Waals surface area contributed by atoms with Crippen LogP contribution in [0.1, 0.15) is 18.5 Å². The number of nitrogens with one attached hydrogen (secondary N) is 1. The molecule has 2 unspecified atom stereocenters. The van der Waals surface area contributed by atoms with E-state index in [-0.39, 0.29) is 12.1 Å². The number of hydrogen-bond donors (Lipinski definition) is 1. The smallest absolute Gasteiger partial charge is 0.143 e. The summed E-state index contributed by atoms with van der Waals surface area (Å²) in [4.78, 5) is 0. The third-order valence-corrected chi connectivity index (χ3v) is 2.96. The zero-order valence-electron chi connectivity index (χ0n) is 7.97. The fraction of sp³-hybridized carbons (Fsp3) is 0.400. The van der Waals surface area contributed by atoms with Crippen molar-refractivity contribution in [2.45, 2.75) is 19.1 Å². The van der Waals surface area contributed by atoms with Crippen molar-refractivity contribution in [3.05, 3.63) is 27.7 Å². The average molecular weight is 232 g/mol. The molecule has 1 N–H and O–H groups in total. The van der Waals surface area contributed by atoms with E-state index in [0.29, 0.717) is 10.0 Å². The molecule has 4 heteroatoms. The summed E-state index contributed by atoms with van der Waals surface area (Å²) >= 11 is 12.0. The standard InChI is InChI=1S/C10H11Cl2NO/c1-5-9(13-2)7-3-6(11)4-8(12)10(7)14-5/h3-5,9,13H,1-2H3. The highest BCUT2D eigenvalue weighted by atomic mass is 35.5. The fourth-order valence-corrected chi connectivity index (χ4v) is 2.39. The van der Waals surface area contributed by atoms with Crippen LogP contribution in [-0.4, -0.2) is 13.2 Å². The highest BCUT2D eigenvalue weighted by molar-refractivity contribution is 6.35. The minimum atomic E-state index is 0.0889. The predicted molar refractivity (Wildman–Crippen MR) is 58.4 cm³/mol. The van der Waals surface area contributed by atoms with Gasteiger partial charge in [0.25, 0.3) is 0 Å². The quantitative estimate of drug-likeness (QED) is 0.803. The Hall–Kier alpha value is -0.440. The van der Waals surface area contributed by atoms with Crippen LogP contribution in [0.4, 0.5) is 0 Å². The Morgan fingerprint density at radius 1 is 1.36 bits per heavy atom. The van der Waals surface area contributed by atoms with E-state index in [4.69, 9.17) is 27.9 Å². The molecule has 0 saturated carbocycles. The zero-order chi connectivity index (χ0) is 10.3. The van der Waals surface area contributed by atoms with E-state index in [1.807, 2.05) is 20.0 Å². The number of likely N-dealkylation sites (N-methyl/N-ethyl adjacent to an activating group) is 1. The van der Waals surface area contributed by atoms with Crippen molar-refractivity contribution in [3.63, 3.8) is 0 Å². The normalized spacial score (nSPS) is 24.6. The Labute approximate surface area is 93.2 Å². The van der Waals surface area contributed by atoms with Gasteiger partial charge in [-0.05, 0) is 26.1 Å². The van der Waals surface area contributed by atoms with E-state index in [2.05, 4.69) is 5.32 Å². The molecule has 1 aromatic carbocycles. The first-order valence-corrected chi connectivity index (χ1v) is 5.22. The van der Waals surface area contributed by atoms with Crippen LogP contribution in [0.3, 0.4) is 0 Å². The largest absolute Gasteiger partial charge is 0.487 e. The number of benzene rings is 1. The first kappa shape index (κ1) is 10.1. The zero-order valence-corrected chi connectivity index (χ0v) is 9.49. The second kappa shape index (κ2) is 3.61. The molecule has 76 valence electrons. The summed E-state index contributed by atoms with van der Waals surface area (Å²) in [6, 6.07) is 3.77. The van der Waals surface area contributed by atoms with Crippen molar-refractivity contribution in [1.82, 2.24) is 5.32 Å². The number of fused-ring (bicyclic) bond motifs is 1. The van der Waals surface area contributed by atoms with Crippen LogP contribution in [0, 0.1) is 0 Å². The lowest BCUT2D eigenvalue weighted by Gasteiger charge is -2.12. The minimum Gasteiger partial charge on any atom is -0.487 e. The monoisotopic (exact) mass is 231 g/mol. The molecule has 2 rings (SSSR count).